The number of aliphatic hydroxyl groups is 1. The molecule has 0 spiro atoms. The fourth-order valence-corrected chi connectivity index (χ4v) is 2.41. The fourth-order valence-electron chi connectivity index (χ4n) is 2.41. The number of nitrogens with two attached hydrogens (primary N) is 2. The quantitative estimate of drug-likeness (QED) is 0.730. The first-order valence-electron chi connectivity index (χ1n) is 7.17. The standard InChI is InChI=1S/C17H21N3O2/c1-12(18)16(22)17(19,14-9-5-6-10-20-14)15(21)11-13-7-3-2-4-8-13/h2-10,12,16,22H,11,18-19H2,1H3/t12?,16?,17-/m1/s1. The summed E-state index contributed by atoms with van der Waals surface area (Å²) in [6.07, 6.45) is 0.428. The number of pyridine rings is 1. The van der Waals surface area contributed by atoms with Crippen molar-refractivity contribution >= 4 is 5.78 Å². The number of carbonyl (C=O) groups excluding carboxylic acids is 1. The van der Waals surface area contributed by atoms with Crippen LogP contribution in [0.4, 0.5) is 0 Å². The molecule has 1 aromatic carbocycles. The highest BCUT2D eigenvalue weighted by molar-refractivity contribution is 5.91. The van der Waals surface area contributed by atoms with Crippen LogP contribution in [0.3, 0.4) is 0 Å². The Morgan fingerprint density at radius 3 is 2.41 bits per heavy atom. The lowest BCUT2D eigenvalue weighted by atomic mass is 9.79. The van der Waals surface area contributed by atoms with E-state index in [4.69, 9.17) is 11.5 Å². The molecule has 0 fully saturated rings. The van der Waals surface area contributed by atoms with Crippen LogP contribution >= 0.6 is 0 Å². The number of nitrogens with zero attached hydrogens (tertiary/aromatic N) is 1. The first kappa shape index (κ1) is 16.3. The average molecular weight is 299 g/mol. The Labute approximate surface area is 130 Å². The van der Waals surface area contributed by atoms with Crippen molar-refractivity contribution in [2.75, 3.05) is 0 Å². The molecule has 116 valence electrons. The van der Waals surface area contributed by atoms with E-state index in [1.54, 1.807) is 31.3 Å². The van der Waals surface area contributed by atoms with Gasteiger partial charge in [-0.25, -0.2) is 0 Å². The van der Waals surface area contributed by atoms with Gasteiger partial charge < -0.3 is 16.6 Å². The van der Waals surface area contributed by atoms with E-state index in [0.717, 1.165) is 5.56 Å². The predicted molar refractivity (Wildman–Crippen MR) is 84.9 cm³/mol. The van der Waals surface area contributed by atoms with E-state index >= 15 is 0 Å². The van der Waals surface area contributed by atoms with Crippen LogP contribution in [0, 0.1) is 0 Å². The Kier molecular flexibility index (Phi) is 5.03. The van der Waals surface area contributed by atoms with Crippen LogP contribution in [0.5, 0.6) is 0 Å². The van der Waals surface area contributed by atoms with Gasteiger partial charge in [-0.3, -0.25) is 9.78 Å². The Balaban J connectivity index is 2.38. The number of rotatable bonds is 6. The highest BCUT2D eigenvalue weighted by Gasteiger charge is 2.45. The van der Waals surface area contributed by atoms with Crippen molar-refractivity contribution in [1.82, 2.24) is 4.98 Å². The molecule has 0 saturated carbocycles. The maximum absolute atomic E-state index is 12.8. The molecule has 5 nitrogen and oxygen atoms in total. The third-order valence-corrected chi connectivity index (χ3v) is 3.72. The molecule has 2 rings (SSSR count). The highest BCUT2D eigenvalue weighted by Crippen LogP contribution is 2.25. The summed E-state index contributed by atoms with van der Waals surface area (Å²) in [6, 6.07) is 13.7. The second-order valence-electron chi connectivity index (χ2n) is 5.47. The maximum Gasteiger partial charge on any atom is 0.165 e. The van der Waals surface area contributed by atoms with Gasteiger partial charge in [0, 0.05) is 18.7 Å². The van der Waals surface area contributed by atoms with Gasteiger partial charge in [-0.2, -0.15) is 0 Å². The molecule has 22 heavy (non-hydrogen) atoms. The van der Waals surface area contributed by atoms with E-state index < -0.39 is 17.7 Å². The summed E-state index contributed by atoms with van der Waals surface area (Å²) in [5.74, 6) is -0.317. The second kappa shape index (κ2) is 6.79. The van der Waals surface area contributed by atoms with Gasteiger partial charge in [0.25, 0.3) is 0 Å². The molecule has 0 aliphatic rings. The lowest BCUT2D eigenvalue weighted by Crippen LogP contribution is -2.60. The van der Waals surface area contributed by atoms with Crippen LogP contribution in [0.1, 0.15) is 18.2 Å². The maximum atomic E-state index is 12.8. The molecule has 3 atom stereocenters. The van der Waals surface area contributed by atoms with Crippen molar-refractivity contribution in [1.29, 1.82) is 0 Å². The SMILES string of the molecule is CC(N)C(O)[C@](N)(C(=O)Cc1ccccc1)c1ccccn1. The second-order valence-corrected chi connectivity index (χ2v) is 5.47. The van der Waals surface area contributed by atoms with Gasteiger partial charge in [0.1, 0.15) is 5.54 Å². The summed E-state index contributed by atoms with van der Waals surface area (Å²) in [5.41, 5.74) is 11.6. The zero-order valence-electron chi connectivity index (χ0n) is 12.5. The summed E-state index contributed by atoms with van der Waals surface area (Å²) in [7, 11) is 0. The van der Waals surface area contributed by atoms with Gasteiger partial charge >= 0.3 is 0 Å². The number of aromatic nitrogens is 1. The van der Waals surface area contributed by atoms with Gasteiger partial charge in [0.2, 0.25) is 0 Å². The van der Waals surface area contributed by atoms with Gasteiger partial charge in [0.15, 0.2) is 5.78 Å². The van der Waals surface area contributed by atoms with Crippen molar-refractivity contribution in [2.45, 2.75) is 31.0 Å². The first-order valence-corrected chi connectivity index (χ1v) is 7.17. The lowest BCUT2D eigenvalue weighted by molar-refractivity contribution is -0.129. The first-order chi connectivity index (χ1) is 10.5. The van der Waals surface area contributed by atoms with Crippen molar-refractivity contribution in [3.05, 3.63) is 66.0 Å². The minimum atomic E-state index is -1.63. The highest BCUT2D eigenvalue weighted by atomic mass is 16.3. The monoisotopic (exact) mass is 299 g/mol. The lowest BCUT2D eigenvalue weighted by Gasteiger charge is -2.34. The molecule has 1 aromatic heterocycles. The van der Waals surface area contributed by atoms with Crippen molar-refractivity contribution in [3.8, 4) is 0 Å². The van der Waals surface area contributed by atoms with Gasteiger partial charge in [-0.05, 0) is 24.6 Å². The molecular weight excluding hydrogens is 278 g/mol. The van der Waals surface area contributed by atoms with Crippen LogP contribution in [0.15, 0.2) is 54.7 Å². The Hall–Kier alpha value is -2.08. The van der Waals surface area contributed by atoms with Gasteiger partial charge in [-0.15, -0.1) is 0 Å². The number of benzene rings is 1. The molecule has 1 heterocycles. The predicted octanol–water partition coefficient (Wildman–Crippen LogP) is 0.756. The van der Waals surface area contributed by atoms with Crippen molar-refractivity contribution < 1.29 is 9.90 Å². The molecule has 5 N–H and O–H groups in total. The number of hydrogen-bond donors (Lipinski definition) is 3. The molecule has 0 bridgehead atoms. The van der Waals surface area contributed by atoms with E-state index in [2.05, 4.69) is 4.98 Å². The Morgan fingerprint density at radius 2 is 1.86 bits per heavy atom. The van der Waals surface area contributed by atoms with Gasteiger partial charge in [0.05, 0.1) is 11.8 Å². The van der Waals surface area contributed by atoms with Crippen LogP contribution in [0.2, 0.25) is 0 Å². The molecule has 2 unspecified atom stereocenters. The third kappa shape index (κ3) is 3.22. The molecule has 2 aromatic rings. The summed E-state index contributed by atoms with van der Waals surface area (Å²) in [6.45, 7) is 1.62. The number of hydrogen-bond acceptors (Lipinski definition) is 5. The molecule has 0 radical (unpaired) electrons. The van der Waals surface area contributed by atoms with Crippen molar-refractivity contribution in [3.63, 3.8) is 0 Å². The number of ketones is 1. The smallest absolute Gasteiger partial charge is 0.165 e. The van der Waals surface area contributed by atoms with E-state index in [1.165, 1.54) is 0 Å². The average Bonchev–Trinajstić information content (AvgIpc) is 2.55. The number of aliphatic hydroxyl groups excluding tert-OH is 1. The zero-order chi connectivity index (χ0) is 16.2. The minimum Gasteiger partial charge on any atom is -0.389 e. The summed E-state index contributed by atoms with van der Waals surface area (Å²) in [4.78, 5) is 17.0. The van der Waals surface area contributed by atoms with Crippen molar-refractivity contribution in [2.24, 2.45) is 11.5 Å². The largest absolute Gasteiger partial charge is 0.389 e. The van der Waals surface area contributed by atoms with E-state index in [-0.39, 0.29) is 12.2 Å². The minimum absolute atomic E-state index is 0.109. The van der Waals surface area contributed by atoms with Crippen LogP contribution in [-0.2, 0) is 16.8 Å². The third-order valence-electron chi connectivity index (χ3n) is 3.72. The fraction of sp³-hybridized carbons (Fsp3) is 0.294. The topological polar surface area (TPSA) is 102 Å². The summed E-state index contributed by atoms with van der Waals surface area (Å²) in [5, 5.41) is 10.4. The number of Topliss-reactive ketones (excluding diaryl/α,β-unsaturated/α-hetero) is 1. The molecule has 0 aliphatic heterocycles. The molecular formula is C17H21N3O2. The molecule has 5 heteroatoms. The van der Waals surface area contributed by atoms with E-state index in [9.17, 15) is 9.90 Å². The zero-order valence-corrected chi connectivity index (χ0v) is 12.5. The van der Waals surface area contributed by atoms with E-state index in [1.807, 2.05) is 30.3 Å². The molecule has 0 aliphatic carbocycles. The molecule has 0 saturated heterocycles. The van der Waals surface area contributed by atoms with Gasteiger partial charge in [-0.1, -0.05) is 36.4 Å². The summed E-state index contributed by atoms with van der Waals surface area (Å²) < 4.78 is 0. The number of carbonyl (C=O) groups is 1. The Morgan fingerprint density at radius 1 is 1.23 bits per heavy atom. The Bertz CT molecular complexity index is 616. The molecule has 0 amide bonds. The van der Waals surface area contributed by atoms with Crippen LogP contribution in [0.25, 0.3) is 0 Å². The normalized spacial score (nSPS) is 16.5. The van der Waals surface area contributed by atoms with Crippen LogP contribution in [-0.4, -0.2) is 28.0 Å². The summed E-state index contributed by atoms with van der Waals surface area (Å²) >= 11 is 0. The van der Waals surface area contributed by atoms with E-state index in [0.29, 0.717) is 5.69 Å². The van der Waals surface area contributed by atoms with Crippen LogP contribution < -0.4 is 11.5 Å².